The third-order valence-corrected chi connectivity index (χ3v) is 4.26. The summed E-state index contributed by atoms with van der Waals surface area (Å²) in [5.74, 6) is 0.445. The molecule has 0 aliphatic carbocycles. The molecule has 25 heavy (non-hydrogen) atoms. The van der Waals surface area contributed by atoms with Crippen molar-refractivity contribution in [3.63, 3.8) is 0 Å². The van der Waals surface area contributed by atoms with E-state index >= 15 is 0 Å². The molecule has 8 nitrogen and oxygen atoms in total. The highest BCUT2D eigenvalue weighted by Crippen LogP contribution is 2.18. The van der Waals surface area contributed by atoms with E-state index in [2.05, 4.69) is 15.2 Å². The van der Waals surface area contributed by atoms with Crippen LogP contribution >= 0.6 is 23.2 Å². The number of aromatic nitrogens is 6. The number of nitrogen functional groups attached to an aromatic ring is 1. The van der Waals surface area contributed by atoms with Gasteiger partial charge in [0.05, 0.1) is 24.7 Å². The molecule has 3 aromatic heterocycles. The molecule has 10 heteroatoms. The minimum Gasteiger partial charge on any atom is -0.369 e. The molecule has 0 unspecified atom stereocenters. The van der Waals surface area contributed by atoms with Crippen LogP contribution in [-0.4, -0.2) is 34.8 Å². The van der Waals surface area contributed by atoms with Gasteiger partial charge in [-0.1, -0.05) is 23.7 Å². The summed E-state index contributed by atoms with van der Waals surface area (Å²) in [4.78, 5) is 17.0. The molecule has 0 fully saturated rings. The lowest BCUT2D eigenvalue weighted by Crippen LogP contribution is -2.23. The number of halogens is 2. The fourth-order valence-electron chi connectivity index (χ4n) is 2.76. The number of alkyl halides is 1. The van der Waals surface area contributed by atoms with E-state index in [9.17, 15) is 4.79 Å². The van der Waals surface area contributed by atoms with Crippen LogP contribution in [0.15, 0.2) is 35.3 Å². The van der Waals surface area contributed by atoms with Gasteiger partial charge in [-0.05, 0) is 17.7 Å². The normalized spacial score (nSPS) is 11.6. The maximum absolute atomic E-state index is 12.7. The Morgan fingerprint density at radius 1 is 1.20 bits per heavy atom. The number of hydrogen-bond donors (Lipinski definition) is 1. The van der Waals surface area contributed by atoms with Gasteiger partial charge in [0.2, 0.25) is 5.95 Å². The fraction of sp³-hybridized carbons (Fsp3) is 0.200. The Hall–Kier alpha value is -2.58. The first-order valence-corrected chi connectivity index (χ1v) is 8.40. The quantitative estimate of drug-likeness (QED) is 0.546. The summed E-state index contributed by atoms with van der Waals surface area (Å²) in [6.45, 7) is 0.763. The molecule has 0 amide bonds. The largest absolute Gasteiger partial charge is 0.369 e. The monoisotopic (exact) mass is 377 g/mol. The first-order chi connectivity index (χ1) is 12.1. The molecular weight excluding hydrogens is 365 g/mol. The van der Waals surface area contributed by atoms with Crippen LogP contribution in [0.25, 0.3) is 16.7 Å². The lowest BCUT2D eigenvalue weighted by molar-refractivity contribution is 0.658. The Morgan fingerprint density at radius 2 is 2.04 bits per heavy atom. The lowest BCUT2D eigenvalue weighted by Gasteiger charge is -2.01. The highest BCUT2D eigenvalue weighted by Gasteiger charge is 2.17. The summed E-state index contributed by atoms with van der Waals surface area (Å²) in [7, 11) is 0. The number of hydrogen-bond acceptors (Lipinski definition) is 5. The molecular formula is C15H13Cl2N7O. The SMILES string of the molecule is Nc1nc2c(cnn2CCCl)c2nn(Cc3cccc(Cl)c3)c(=O)n12. The summed E-state index contributed by atoms with van der Waals surface area (Å²) in [6, 6.07) is 7.25. The second-order valence-corrected chi connectivity index (χ2v) is 6.31. The highest BCUT2D eigenvalue weighted by molar-refractivity contribution is 6.30. The summed E-state index contributed by atoms with van der Waals surface area (Å²) >= 11 is 11.8. The van der Waals surface area contributed by atoms with E-state index in [1.54, 1.807) is 23.0 Å². The zero-order valence-electron chi connectivity index (χ0n) is 12.9. The molecule has 2 N–H and O–H groups in total. The molecule has 0 saturated carbocycles. The zero-order chi connectivity index (χ0) is 17.6. The Kier molecular flexibility index (Phi) is 3.85. The minimum atomic E-state index is -0.369. The topological polar surface area (TPSA) is 96.0 Å². The van der Waals surface area contributed by atoms with Gasteiger partial charge in [0, 0.05) is 10.9 Å². The van der Waals surface area contributed by atoms with Gasteiger partial charge in [0.15, 0.2) is 11.3 Å². The Balaban J connectivity index is 1.90. The Bertz CT molecular complexity index is 1140. The number of rotatable bonds is 4. The van der Waals surface area contributed by atoms with Gasteiger partial charge in [-0.15, -0.1) is 16.7 Å². The zero-order valence-corrected chi connectivity index (χ0v) is 14.4. The van der Waals surface area contributed by atoms with Gasteiger partial charge >= 0.3 is 5.69 Å². The fourth-order valence-corrected chi connectivity index (χ4v) is 3.13. The van der Waals surface area contributed by atoms with Crippen molar-refractivity contribution in [2.75, 3.05) is 11.6 Å². The molecule has 4 aromatic rings. The number of benzene rings is 1. The first kappa shape index (κ1) is 15.9. The lowest BCUT2D eigenvalue weighted by atomic mass is 10.2. The van der Waals surface area contributed by atoms with E-state index in [0.717, 1.165) is 5.56 Å². The van der Waals surface area contributed by atoms with E-state index < -0.39 is 0 Å². The van der Waals surface area contributed by atoms with E-state index in [0.29, 0.717) is 34.1 Å². The van der Waals surface area contributed by atoms with Gasteiger partial charge in [0.25, 0.3) is 0 Å². The maximum Gasteiger partial charge on any atom is 0.353 e. The average Bonchev–Trinajstić information content (AvgIpc) is 3.11. The molecule has 0 radical (unpaired) electrons. The molecule has 3 heterocycles. The number of nitrogens with zero attached hydrogens (tertiary/aromatic N) is 6. The van der Waals surface area contributed by atoms with Gasteiger partial charge in [0.1, 0.15) is 0 Å². The van der Waals surface area contributed by atoms with Crippen LogP contribution in [0.1, 0.15) is 5.56 Å². The van der Waals surface area contributed by atoms with Crippen molar-refractivity contribution in [2.45, 2.75) is 13.1 Å². The maximum atomic E-state index is 12.7. The van der Waals surface area contributed by atoms with Crippen LogP contribution in [0.2, 0.25) is 5.02 Å². The van der Waals surface area contributed by atoms with Gasteiger partial charge in [-0.2, -0.15) is 10.1 Å². The predicted octanol–water partition coefficient (Wildman–Crippen LogP) is 1.76. The second kappa shape index (κ2) is 6.05. The van der Waals surface area contributed by atoms with Crippen molar-refractivity contribution in [2.24, 2.45) is 0 Å². The number of fused-ring (bicyclic) bond motifs is 3. The number of nitrogens with two attached hydrogens (primary N) is 1. The Labute approximate surface area is 151 Å². The van der Waals surface area contributed by atoms with Gasteiger partial charge in [-0.3, -0.25) is 0 Å². The van der Waals surface area contributed by atoms with Crippen molar-refractivity contribution in [1.29, 1.82) is 0 Å². The molecule has 4 rings (SSSR count). The van der Waals surface area contributed by atoms with Crippen LogP contribution in [-0.2, 0) is 13.1 Å². The molecule has 0 aliphatic heterocycles. The summed E-state index contributed by atoms with van der Waals surface area (Å²) in [6.07, 6.45) is 1.61. The Morgan fingerprint density at radius 3 is 2.80 bits per heavy atom. The third-order valence-electron chi connectivity index (χ3n) is 3.86. The molecule has 128 valence electrons. The minimum absolute atomic E-state index is 0.0566. The smallest absolute Gasteiger partial charge is 0.353 e. The van der Waals surface area contributed by atoms with Crippen molar-refractivity contribution >= 4 is 45.8 Å². The molecule has 0 aliphatic rings. The predicted molar refractivity (Wildman–Crippen MR) is 96.2 cm³/mol. The van der Waals surface area contributed by atoms with Crippen LogP contribution in [0.5, 0.6) is 0 Å². The first-order valence-electron chi connectivity index (χ1n) is 7.49. The number of anilines is 1. The van der Waals surface area contributed by atoms with E-state index in [4.69, 9.17) is 28.9 Å². The molecule has 0 bridgehead atoms. The van der Waals surface area contributed by atoms with E-state index in [-0.39, 0.29) is 18.2 Å². The van der Waals surface area contributed by atoms with Crippen LogP contribution < -0.4 is 11.4 Å². The average molecular weight is 378 g/mol. The third kappa shape index (κ3) is 2.63. The van der Waals surface area contributed by atoms with Crippen molar-refractivity contribution in [1.82, 2.24) is 28.9 Å². The van der Waals surface area contributed by atoms with Gasteiger partial charge < -0.3 is 5.73 Å². The summed E-state index contributed by atoms with van der Waals surface area (Å²) in [5.41, 5.74) is 7.43. The molecule has 0 spiro atoms. The van der Waals surface area contributed by atoms with E-state index in [1.165, 1.54) is 9.08 Å². The van der Waals surface area contributed by atoms with Crippen molar-refractivity contribution in [3.8, 4) is 0 Å². The van der Waals surface area contributed by atoms with Gasteiger partial charge in [-0.25, -0.2) is 18.6 Å². The van der Waals surface area contributed by atoms with Crippen molar-refractivity contribution < 1.29 is 0 Å². The number of aryl methyl sites for hydroxylation is 1. The highest BCUT2D eigenvalue weighted by atomic mass is 35.5. The molecule has 1 aromatic carbocycles. The van der Waals surface area contributed by atoms with Crippen LogP contribution in [0, 0.1) is 0 Å². The van der Waals surface area contributed by atoms with Crippen molar-refractivity contribution in [3.05, 3.63) is 51.5 Å². The van der Waals surface area contributed by atoms with Crippen LogP contribution in [0.3, 0.4) is 0 Å². The standard InChI is InChI=1S/C15H13Cl2N7O/c16-4-5-22-12-11(7-19-22)13-21-23(15(25)24(13)14(18)20-12)8-9-2-1-3-10(17)6-9/h1-3,6-7H,4-5,8H2,(H2,18,20). The molecule has 0 saturated heterocycles. The van der Waals surface area contributed by atoms with E-state index in [1.807, 2.05) is 12.1 Å². The second-order valence-electron chi connectivity index (χ2n) is 5.49. The summed E-state index contributed by atoms with van der Waals surface area (Å²) in [5, 5.41) is 9.90. The summed E-state index contributed by atoms with van der Waals surface area (Å²) < 4.78 is 4.25. The van der Waals surface area contributed by atoms with Crippen LogP contribution in [0.4, 0.5) is 5.95 Å². The molecule has 0 atom stereocenters.